The zero-order chi connectivity index (χ0) is 11.5. The lowest BCUT2D eigenvalue weighted by Gasteiger charge is -1.99. The number of para-hydroxylation sites is 1. The second kappa shape index (κ2) is 5.03. The highest BCUT2D eigenvalue weighted by Gasteiger charge is 2.10. The summed E-state index contributed by atoms with van der Waals surface area (Å²) >= 11 is 1.42. The summed E-state index contributed by atoms with van der Waals surface area (Å²) in [7, 11) is -1.47. The predicted octanol–water partition coefficient (Wildman–Crippen LogP) is 2.62. The van der Waals surface area contributed by atoms with Gasteiger partial charge in [0.25, 0.3) is 0 Å². The van der Waals surface area contributed by atoms with Crippen molar-refractivity contribution in [3.05, 3.63) is 23.8 Å². The predicted molar refractivity (Wildman–Crippen MR) is 68.8 cm³/mol. The van der Waals surface area contributed by atoms with E-state index in [0.717, 1.165) is 29.5 Å². The third-order valence-corrected chi connectivity index (χ3v) is 4.45. The van der Waals surface area contributed by atoms with Crippen LogP contribution in [-0.4, -0.2) is 9.19 Å². The third kappa shape index (κ3) is 2.31. The van der Waals surface area contributed by atoms with E-state index in [1.807, 2.05) is 12.1 Å². The number of aromatic nitrogens is 1. The molecule has 16 heavy (non-hydrogen) atoms. The van der Waals surface area contributed by atoms with Crippen LogP contribution < -0.4 is 5.14 Å². The molecule has 0 amide bonds. The van der Waals surface area contributed by atoms with Gasteiger partial charge in [-0.05, 0) is 24.5 Å². The standard InChI is InChI=1S/C11H14N2OS2/c1-2-3-5-8-6-4-7-9-10(8)13-11(15-9)16(12)14/h4,6-7H,2-3,5,12H2,1H3. The Labute approximate surface area is 101 Å². The molecule has 5 heteroatoms. The molecule has 0 aliphatic heterocycles. The molecule has 0 fully saturated rings. The van der Waals surface area contributed by atoms with Crippen molar-refractivity contribution in [3.63, 3.8) is 0 Å². The molecule has 86 valence electrons. The average Bonchev–Trinajstić information content (AvgIpc) is 2.70. The summed E-state index contributed by atoms with van der Waals surface area (Å²) < 4.78 is 12.8. The van der Waals surface area contributed by atoms with Gasteiger partial charge in [0.15, 0.2) is 15.3 Å². The summed E-state index contributed by atoms with van der Waals surface area (Å²) in [4.78, 5) is 4.36. The molecule has 1 heterocycles. The maximum atomic E-state index is 11.2. The van der Waals surface area contributed by atoms with Crippen LogP contribution in [0.25, 0.3) is 10.2 Å². The second-order valence-electron chi connectivity index (χ2n) is 3.64. The number of aryl methyl sites for hydroxylation is 1. The average molecular weight is 254 g/mol. The van der Waals surface area contributed by atoms with E-state index in [-0.39, 0.29) is 0 Å². The fourth-order valence-electron chi connectivity index (χ4n) is 1.64. The highest BCUT2D eigenvalue weighted by molar-refractivity contribution is 7.85. The van der Waals surface area contributed by atoms with Gasteiger partial charge in [-0.3, -0.25) is 0 Å². The Kier molecular flexibility index (Phi) is 3.68. The SMILES string of the molecule is CCCCc1cccc2sc(S(N)=O)nc12. The number of benzene rings is 1. The molecule has 0 saturated heterocycles. The maximum Gasteiger partial charge on any atom is 0.197 e. The van der Waals surface area contributed by atoms with Crippen LogP contribution in [0, 0.1) is 0 Å². The third-order valence-electron chi connectivity index (χ3n) is 2.45. The number of nitrogens with two attached hydrogens (primary N) is 1. The summed E-state index contributed by atoms with van der Waals surface area (Å²) in [5.41, 5.74) is 2.20. The minimum atomic E-state index is -1.47. The Morgan fingerprint density at radius 3 is 3.00 bits per heavy atom. The topological polar surface area (TPSA) is 56.0 Å². The van der Waals surface area contributed by atoms with Crippen LogP contribution >= 0.6 is 11.3 Å². The largest absolute Gasteiger partial charge is 0.246 e. The van der Waals surface area contributed by atoms with E-state index in [1.54, 1.807) is 0 Å². The molecule has 1 aromatic heterocycles. The Bertz CT molecular complexity index is 522. The molecule has 0 radical (unpaired) electrons. The van der Waals surface area contributed by atoms with E-state index in [9.17, 15) is 4.21 Å². The van der Waals surface area contributed by atoms with Gasteiger partial charge in [0, 0.05) is 0 Å². The molecular weight excluding hydrogens is 240 g/mol. The molecule has 0 aliphatic carbocycles. The van der Waals surface area contributed by atoms with Crippen LogP contribution in [0.4, 0.5) is 0 Å². The molecule has 1 aromatic carbocycles. The van der Waals surface area contributed by atoms with Gasteiger partial charge in [0.1, 0.15) is 0 Å². The first-order valence-electron chi connectivity index (χ1n) is 5.27. The highest BCUT2D eigenvalue weighted by atomic mass is 32.2. The van der Waals surface area contributed by atoms with Crippen LogP contribution in [0.2, 0.25) is 0 Å². The minimum absolute atomic E-state index is 0.513. The summed E-state index contributed by atoms with van der Waals surface area (Å²) in [6, 6.07) is 6.11. The number of rotatable bonds is 4. The lowest BCUT2D eigenvalue weighted by Crippen LogP contribution is -2.01. The zero-order valence-electron chi connectivity index (χ0n) is 9.10. The first kappa shape index (κ1) is 11.7. The van der Waals surface area contributed by atoms with Crippen molar-refractivity contribution in [3.8, 4) is 0 Å². The van der Waals surface area contributed by atoms with Crippen LogP contribution in [-0.2, 0) is 17.4 Å². The summed E-state index contributed by atoms with van der Waals surface area (Å²) in [5, 5.41) is 5.35. The van der Waals surface area contributed by atoms with Crippen molar-refractivity contribution in [1.82, 2.24) is 4.98 Å². The Hall–Kier alpha value is -0.780. The van der Waals surface area contributed by atoms with Crippen molar-refractivity contribution in [2.24, 2.45) is 5.14 Å². The molecule has 0 spiro atoms. The van der Waals surface area contributed by atoms with E-state index < -0.39 is 11.0 Å². The number of unbranched alkanes of at least 4 members (excludes halogenated alkanes) is 1. The smallest absolute Gasteiger partial charge is 0.197 e. The van der Waals surface area contributed by atoms with Gasteiger partial charge >= 0.3 is 0 Å². The van der Waals surface area contributed by atoms with Gasteiger partial charge in [0.2, 0.25) is 0 Å². The molecule has 0 saturated carbocycles. The molecule has 1 unspecified atom stereocenters. The first-order valence-corrected chi connectivity index (χ1v) is 7.30. The van der Waals surface area contributed by atoms with Crippen LogP contribution in [0.1, 0.15) is 25.3 Å². The van der Waals surface area contributed by atoms with Gasteiger partial charge in [-0.2, -0.15) is 0 Å². The van der Waals surface area contributed by atoms with Crippen molar-refractivity contribution < 1.29 is 4.21 Å². The molecule has 2 rings (SSSR count). The fraction of sp³-hybridized carbons (Fsp3) is 0.364. The zero-order valence-corrected chi connectivity index (χ0v) is 10.7. The molecule has 1 atom stereocenters. The lowest BCUT2D eigenvalue weighted by atomic mass is 10.1. The molecular formula is C11H14N2OS2. The van der Waals surface area contributed by atoms with Crippen molar-refractivity contribution in [1.29, 1.82) is 0 Å². The quantitative estimate of drug-likeness (QED) is 0.911. The molecule has 0 aliphatic rings. The van der Waals surface area contributed by atoms with E-state index in [4.69, 9.17) is 5.14 Å². The van der Waals surface area contributed by atoms with Crippen molar-refractivity contribution in [2.75, 3.05) is 0 Å². The maximum absolute atomic E-state index is 11.2. The number of hydrogen-bond donors (Lipinski definition) is 1. The summed E-state index contributed by atoms with van der Waals surface area (Å²) in [6.07, 6.45) is 3.34. The van der Waals surface area contributed by atoms with Gasteiger partial charge in [-0.15, -0.1) is 11.3 Å². The Morgan fingerprint density at radius 1 is 1.50 bits per heavy atom. The van der Waals surface area contributed by atoms with Crippen LogP contribution in [0.5, 0.6) is 0 Å². The van der Waals surface area contributed by atoms with Crippen LogP contribution in [0.15, 0.2) is 22.5 Å². The second-order valence-corrected chi connectivity index (χ2v) is 5.92. The summed E-state index contributed by atoms with van der Waals surface area (Å²) in [5.74, 6) is 0. The van der Waals surface area contributed by atoms with Gasteiger partial charge in [0.05, 0.1) is 10.2 Å². The molecule has 2 N–H and O–H groups in total. The van der Waals surface area contributed by atoms with E-state index in [2.05, 4.69) is 18.0 Å². The molecule has 0 bridgehead atoms. The number of nitrogens with zero attached hydrogens (tertiary/aromatic N) is 1. The van der Waals surface area contributed by atoms with Crippen molar-refractivity contribution in [2.45, 2.75) is 30.5 Å². The summed E-state index contributed by atoms with van der Waals surface area (Å²) in [6.45, 7) is 2.17. The monoisotopic (exact) mass is 254 g/mol. The van der Waals surface area contributed by atoms with Crippen LogP contribution in [0.3, 0.4) is 0 Å². The van der Waals surface area contributed by atoms with E-state index >= 15 is 0 Å². The Balaban J connectivity index is 2.45. The van der Waals surface area contributed by atoms with E-state index in [0.29, 0.717) is 4.34 Å². The van der Waals surface area contributed by atoms with Crippen molar-refractivity contribution >= 4 is 32.5 Å². The number of fused-ring (bicyclic) bond motifs is 1. The fourth-order valence-corrected chi connectivity index (χ4v) is 3.16. The molecule has 2 aromatic rings. The Morgan fingerprint density at radius 2 is 2.31 bits per heavy atom. The van der Waals surface area contributed by atoms with Gasteiger partial charge in [-0.25, -0.2) is 14.3 Å². The normalized spacial score (nSPS) is 13.1. The first-order chi connectivity index (χ1) is 7.72. The molecule has 3 nitrogen and oxygen atoms in total. The van der Waals surface area contributed by atoms with Gasteiger partial charge < -0.3 is 0 Å². The lowest BCUT2D eigenvalue weighted by molar-refractivity contribution is 0.684. The highest BCUT2D eigenvalue weighted by Crippen LogP contribution is 2.26. The van der Waals surface area contributed by atoms with E-state index in [1.165, 1.54) is 16.9 Å². The van der Waals surface area contributed by atoms with Gasteiger partial charge in [-0.1, -0.05) is 25.5 Å². The minimum Gasteiger partial charge on any atom is -0.246 e. The number of hydrogen-bond acceptors (Lipinski definition) is 3. The number of thiazole rings is 1.